The van der Waals surface area contributed by atoms with Crippen molar-refractivity contribution in [1.82, 2.24) is 19.5 Å². The third-order valence-corrected chi connectivity index (χ3v) is 11.7. The second-order valence-electron chi connectivity index (χ2n) is 15.4. The average molecular weight is 876 g/mol. The number of carbonyl (C=O) groups excluding carboxylic acids is 4. The van der Waals surface area contributed by atoms with Gasteiger partial charge in [-0.25, -0.2) is 29.1 Å². The first-order valence-electron chi connectivity index (χ1n) is 20.7. The zero-order valence-corrected chi connectivity index (χ0v) is 36.5. The zero-order chi connectivity index (χ0) is 46.2. The molecule has 13 heteroatoms. The number of ether oxygens (including phenoxy) is 4. The summed E-state index contributed by atoms with van der Waals surface area (Å²) in [7, 11) is 7.31. The Kier molecular flexibility index (Phi) is 11.2. The van der Waals surface area contributed by atoms with Gasteiger partial charge in [-0.3, -0.25) is 0 Å². The topological polar surface area (TPSA) is 178 Å². The number of aromatic nitrogens is 4. The summed E-state index contributed by atoms with van der Waals surface area (Å²) in [4.78, 5) is 64.5. The van der Waals surface area contributed by atoms with Crippen LogP contribution in [0.1, 0.15) is 64.2 Å². The molecule has 326 valence electrons. The molecule has 13 nitrogen and oxygen atoms in total. The second kappa shape index (κ2) is 17.4. The maximum absolute atomic E-state index is 12.6. The maximum Gasteiger partial charge on any atom is 0.337 e. The number of nitrogens with zero attached hydrogens (tertiary/aromatic N) is 3. The van der Waals surface area contributed by atoms with E-state index < -0.39 is 23.9 Å². The van der Waals surface area contributed by atoms with Gasteiger partial charge < -0.3 is 34.2 Å². The van der Waals surface area contributed by atoms with Crippen LogP contribution in [0.2, 0.25) is 0 Å². The van der Waals surface area contributed by atoms with E-state index in [9.17, 15) is 19.2 Å². The number of nitrogens with two attached hydrogens (primary N) is 1. The first-order chi connectivity index (χ1) is 32.0. The summed E-state index contributed by atoms with van der Waals surface area (Å²) in [5, 5.41) is 0. The van der Waals surface area contributed by atoms with Crippen LogP contribution in [0.15, 0.2) is 121 Å². The summed E-state index contributed by atoms with van der Waals surface area (Å²) in [6.07, 6.45) is 5.74. The number of esters is 4. The fourth-order valence-electron chi connectivity index (χ4n) is 8.38. The molecule has 0 amide bonds. The van der Waals surface area contributed by atoms with E-state index in [1.54, 1.807) is 48.5 Å². The van der Waals surface area contributed by atoms with Crippen molar-refractivity contribution >= 4 is 69.9 Å². The van der Waals surface area contributed by atoms with Gasteiger partial charge in [0, 0.05) is 40.3 Å². The Balaban J connectivity index is 1.45. The molecule has 3 N–H and O–H groups in total. The lowest BCUT2D eigenvalue weighted by Gasteiger charge is -2.11. The molecule has 2 aliphatic heterocycles. The Labute approximate surface area is 378 Å². The lowest BCUT2D eigenvalue weighted by atomic mass is 10.0. The summed E-state index contributed by atoms with van der Waals surface area (Å²) in [6.45, 7) is 0. The van der Waals surface area contributed by atoms with Crippen LogP contribution in [0, 0.1) is 0 Å². The molecule has 0 aliphatic carbocycles. The highest BCUT2D eigenvalue weighted by Crippen LogP contribution is 2.40. The van der Waals surface area contributed by atoms with Gasteiger partial charge in [0.15, 0.2) is 0 Å². The molecular formula is C53H41N5O8. The quantitative estimate of drug-likeness (QED) is 0.110. The minimum atomic E-state index is -0.475. The standard InChI is InChI=1S/C53H41N5O8/c1-58-43-26-27-44(58)47(31-10-18-35(19-11-31)52(61)65-4)42-28-37(54)49(57-42)48(32-12-20-36(21-13-32)53(62)66-5)41-25-23-39(56-41)45(29-6-14-33(15-7-29)50(59)63-2)38-22-24-40(55-38)46(43)30-8-16-34(17-9-30)51(60)64-3/h6-28,56H,54H2,1-5H3. The largest absolute Gasteiger partial charge is 0.465 e. The third-order valence-electron chi connectivity index (χ3n) is 11.7. The predicted octanol–water partition coefficient (Wildman–Crippen LogP) is 9.77. The van der Waals surface area contributed by atoms with E-state index in [2.05, 4.69) is 9.55 Å². The molecule has 8 bridgehead atoms. The number of aryl methyl sites for hydroxylation is 1. The molecule has 3 aromatic heterocycles. The van der Waals surface area contributed by atoms with Gasteiger partial charge in [0.25, 0.3) is 0 Å². The highest BCUT2D eigenvalue weighted by Gasteiger charge is 2.23. The Bertz CT molecular complexity index is 3360. The monoisotopic (exact) mass is 875 g/mol. The van der Waals surface area contributed by atoms with Gasteiger partial charge in [0.2, 0.25) is 0 Å². The molecule has 2 aliphatic rings. The molecule has 0 saturated heterocycles. The van der Waals surface area contributed by atoms with Crippen LogP contribution in [0.5, 0.6) is 0 Å². The number of fused-ring (bicyclic) bond motifs is 8. The van der Waals surface area contributed by atoms with Crippen LogP contribution in [0.3, 0.4) is 0 Å². The highest BCUT2D eigenvalue weighted by molar-refractivity contribution is 6.03. The van der Waals surface area contributed by atoms with Gasteiger partial charge in [-0.1, -0.05) is 48.5 Å². The van der Waals surface area contributed by atoms with E-state index in [-0.39, 0.29) is 0 Å². The molecule has 0 atom stereocenters. The van der Waals surface area contributed by atoms with Crippen molar-refractivity contribution in [2.24, 2.45) is 12.8 Å². The van der Waals surface area contributed by atoms with E-state index in [0.717, 1.165) is 44.4 Å². The fraction of sp³-hybridized carbons (Fsp3) is 0.0943. The smallest absolute Gasteiger partial charge is 0.337 e. The van der Waals surface area contributed by atoms with Crippen LogP contribution in [0.25, 0.3) is 90.5 Å². The predicted molar refractivity (Wildman–Crippen MR) is 254 cm³/mol. The van der Waals surface area contributed by atoms with Crippen LogP contribution < -0.4 is 5.73 Å². The molecule has 4 aromatic carbocycles. The van der Waals surface area contributed by atoms with Crippen molar-refractivity contribution in [2.45, 2.75) is 0 Å². The Morgan fingerprint density at radius 2 is 0.803 bits per heavy atom. The van der Waals surface area contributed by atoms with Crippen LogP contribution in [-0.4, -0.2) is 71.8 Å². The molecule has 9 rings (SSSR count). The highest BCUT2D eigenvalue weighted by atomic mass is 16.5. The number of carbonyl (C=O) groups is 4. The van der Waals surface area contributed by atoms with Gasteiger partial charge in [-0.15, -0.1) is 0 Å². The summed E-state index contributed by atoms with van der Waals surface area (Å²) in [6, 6.07) is 36.3. The number of hydrogen-bond donors (Lipinski definition) is 2. The number of methoxy groups -OCH3 is 4. The summed E-state index contributed by atoms with van der Waals surface area (Å²) < 4.78 is 22.1. The molecule has 0 saturated carbocycles. The zero-order valence-electron chi connectivity index (χ0n) is 36.5. The molecule has 0 fully saturated rings. The van der Waals surface area contributed by atoms with Gasteiger partial charge >= 0.3 is 23.9 Å². The summed E-state index contributed by atoms with van der Waals surface area (Å²) >= 11 is 0. The van der Waals surface area contributed by atoms with Crippen LogP contribution in [-0.2, 0) is 26.0 Å². The van der Waals surface area contributed by atoms with E-state index >= 15 is 0 Å². The van der Waals surface area contributed by atoms with Crippen LogP contribution in [0.4, 0.5) is 0 Å². The second-order valence-corrected chi connectivity index (χ2v) is 15.4. The van der Waals surface area contributed by atoms with Crippen molar-refractivity contribution in [2.75, 3.05) is 28.4 Å². The van der Waals surface area contributed by atoms with E-state index in [0.29, 0.717) is 72.9 Å². The van der Waals surface area contributed by atoms with E-state index in [1.165, 1.54) is 28.4 Å². The Morgan fingerprint density at radius 3 is 1.21 bits per heavy atom. The van der Waals surface area contributed by atoms with Gasteiger partial charge in [0.05, 0.1) is 90.2 Å². The molecule has 0 unspecified atom stereocenters. The normalized spacial score (nSPS) is 11.7. The molecular weight excluding hydrogens is 835 g/mol. The van der Waals surface area contributed by atoms with Gasteiger partial charge in [0.1, 0.15) is 0 Å². The number of H-pyrrole nitrogens is 1. The number of aromatic amines is 1. The first kappa shape index (κ1) is 42.5. The van der Waals surface area contributed by atoms with Gasteiger partial charge in [-0.2, -0.15) is 0 Å². The lowest BCUT2D eigenvalue weighted by molar-refractivity contribution is 0.0592. The number of benzene rings is 4. The first-order valence-corrected chi connectivity index (χ1v) is 20.7. The number of nitrogens with one attached hydrogen (secondary N) is 1. The van der Waals surface area contributed by atoms with Crippen molar-refractivity contribution < 1.29 is 38.1 Å². The molecule has 0 spiro atoms. The molecule has 5 heterocycles. The number of hydrogen-bond acceptors (Lipinski definition) is 11. The van der Waals surface area contributed by atoms with E-state index in [4.69, 9.17) is 34.6 Å². The maximum atomic E-state index is 12.6. The number of rotatable bonds is 8. The molecule has 7 aromatic rings. The average Bonchev–Trinajstić information content (AvgIpc) is 4.18. The summed E-state index contributed by atoms with van der Waals surface area (Å²) in [5.74, 6) is -1.87. The van der Waals surface area contributed by atoms with Crippen molar-refractivity contribution in [3.63, 3.8) is 0 Å². The summed E-state index contributed by atoms with van der Waals surface area (Å²) in [5.41, 5.74) is 20.1. The molecule has 66 heavy (non-hydrogen) atoms. The third kappa shape index (κ3) is 7.57. The fourth-order valence-corrected chi connectivity index (χ4v) is 8.38. The van der Waals surface area contributed by atoms with Crippen molar-refractivity contribution in [3.05, 3.63) is 166 Å². The SMILES string of the molecule is COC(=O)c1ccc(-c2c3nc(c(-c4ccc(C(=O)OC)cc4)c4ccc(c(-c5ccc(C(=O)OC)cc5)c5nc(c(-c6ccc(C(=O)OC)cc6)c6ccc2[nH]6)C(N)=C5)n4C)C=C3)cc1. The Hall–Kier alpha value is -8.84. The lowest BCUT2D eigenvalue weighted by Crippen LogP contribution is -2.01. The van der Waals surface area contributed by atoms with Crippen LogP contribution >= 0.6 is 0 Å². The van der Waals surface area contributed by atoms with Gasteiger partial charge in [-0.05, 0) is 113 Å². The minimum absolute atomic E-state index is 0.372. The van der Waals surface area contributed by atoms with Crippen molar-refractivity contribution in [1.29, 1.82) is 0 Å². The Morgan fingerprint density at radius 1 is 0.455 bits per heavy atom. The van der Waals surface area contributed by atoms with E-state index in [1.807, 2.05) is 98.1 Å². The molecule has 0 radical (unpaired) electrons. The van der Waals surface area contributed by atoms with Crippen molar-refractivity contribution in [3.8, 4) is 44.5 Å². The minimum Gasteiger partial charge on any atom is -0.465 e.